The SMILES string of the molecule is CCC(C)NC(=O)C(C)N(Cc1ccc(Br)cc1)C(=O)CN(c1cc(Cl)cc(Cl)c1)S(C)(=O)=O. The number of rotatable bonds is 10. The molecule has 11 heteroatoms. The standard InChI is InChI=1S/C23H28BrCl2N3O4S/c1-5-15(2)27-23(31)16(3)28(13-17-6-8-18(24)9-7-17)22(30)14-29(34(4,32)33)21-11-19(25)10-20(26)12-21/h6-12,15-16H,5,13-14H2,1-4H3,(H,27,31). The number of anilines is 1. The molecule has 34 heavy (non-hydrogen) atoms. The van der Waals surface area contributed by atoms with Crippen molar-refractivity contribution in [2.75, 3.05) is 17.1 Å². The number of carbonyl (C=O) groups is 2. The van der Waals surface area contributed by atoms with Gasteiger partial charge in [-0.05, 0) is 56.2 Å². The molecule has 0 saturated heterocycles. The van der Waals surface area contributed by atoms with Gasteiger partial charge in [-0.25, -0.2) is 8.42 Å². The van der Waals surface area contributed by atoms with Gasteiger partial charge in [0.1, 0.15) is 12.6 Å². The van der Waals surface area contributed by atoms with Crippen LogP contribution in [0.3, 0.4) is 0 Å². The van der Waals surface area contributed by atoms with Gasteiger partial charge in [-0.3, -0.25) is 13.9 Å². The van der Waals surface area contributed by atoms with Gasteiger partial charge in [-0.15, -0.1) is 0 Å². The van der Waals surface area contributed by atoms with E-state index >= 15 is 0 Å². The Labute approximate surface area is 219 Å². The second-order valence-corrected chi connectivity index (χ2v) is 11.7. The molecule has 0 aliphatic carbocycles. The Morgan fingerprint density at radius 3 is 2.12 bits per heavy atom. The van der Waals surface area contributed by atoms with Gasteiger partial charge in [0, 0.05) is 27.1 Å². The Balaban J connectivity index is 2.41. The molecule has 0 heterocycles. The molecule has 2 atom stereocenters. The van der Waals surface area contributed by atoms with Gasteiger partial charge in [-0.2, -0.15) is 0 Å². The fraction of sp³-hybridized carbons (Fsp3) is 0.391. The molecule has 0 radical (unpaired) electrons. The number of carbonyl (C=O) groups excluding carboxylic acids is 2. The van der Waals surface area contributed by atoms with Gasteiger partial charge in [0.25, 0.3) is 0 Å². The average Bonchev–Trinajstić information content (AvgIpc) is 2.74. The first-order valence-electron chi connectivity index (χ1n) is 10.6. The van der Waals surface area contributed by atoms with Crippen molar-refractivity contribution in [3.05, 3.63) is 62.5 Å². The number of benzene rings is 2. The van der Waals surface area contributed by atoms with E-state index in [1.165, 1.54) is 23.1 Å². The summed E-state index contributed by atoms with van der Waals surface area (Å²) in [6.07, 6.45) is 1.73. The van der Waals surface area contributed by atoms with E-state index in [1.54, 1.807) is 6.92 Å². The molecule has 0 aromatic heterocycles. The van der Waals surface area contributed by atoms with Gasteiger partial charge in [0.2, 0.25) is 21.8 Å². The molecule has 2 aromatic rings. The Bertz CT molecular complexity index is 1110. The lowest BCUT2D eigenvalue weighted by atomic mass is 10.1. The minimum absolute atomic E-state index is 0.0688. The number of hydrogen-bond donors (Lipinski definition) is 1. The minimum atomic E-state index is -3.87. The second-order valence-electron chi connectivity index (χ2n) is 8.04. The Kier molecular flexibility index (Phi) is 10.2. The van der Waals surface area contributed by atoms with E-state index in [-0.39, 0.29) is 34.2 Å². The smallest absolute Gasteiger partial charge is 0.244 e. The molecule has 186 valence electrons. The molecule has 7 nitrogen and oxygen atoms in total. The molecule has 0 bridgehead atoms. The van der Waals surface area contributed by atoms with E-state index in [2.05, 4.69) is 21.2 Å². The van der Waals surface area contributed by atoms with E-state index < -0.39 is 28.5 Å². The maximum Gasteiger partial charge on any atom is 0.244 e. The van der Waals surface area contributed by atoms with E-state index in [1.807, 2.05) is 38.1 Å². The fourth-order valence-corrected chi connectivity index (χ4v) is 4.74. The quantitative estimate of drug-likeness (QED) is 0.427. The third kappa shape index (κ3) is 8.15. The van der Waals surface area contributed by atoms with Gasteiger partial charge in [0.05, 0.1) is 11.9 Å². The number of nitrogens with one attached hydrogen (secondary N) is 1. The summed E-state index contributed by atoms with van der Waals surface area (Å²) in [5, 5.41) is 3.35. The van der Waals surface area contributed by atoms with Crippen LogP contribution in [-0.2, 0) is 26.2 Å². The summed E-state index contributed by atoms with van der Waals surface area (Å²) >= 11 is 15.5. The van der Waals surface area contributed by atoms with Crippen LogP contribution in [0.25, 0.3) is 0 Å². The lowest BCUT2D eigenvalue weighted by Gasteiger charge is -2.32. The minimum Gasteiger partial charge on any atom is -0.352 e. The number of halogens is 3. The lowest BCUT2D eigenvalue weighted by molar-refractivity contribution is -0.139. The van der Waals surface area contributed by atoms with Gasteiger partial charge in [0.15, 0.2) is 0 Å². The van der Waals surface area contributed by atoms with Crippen LogP contribution >= 0.6 is 39.1 Å². The van der Waals surface area contributed by atoms with Crippen molar-refractivity contribution in [3.63, 3.8) is 0 Å². The van der Waals surface area contributed by atoms with Crippen molar-refractivity contribution in [2.45, 2.75) is 45.8 Å². The molecule has 0 fully saturated rings. The van der Waals surface area contributed by atoms with Crippen LogP contribution in [0, 0.1) is 0 Å². The summed E-state index contributed by atoms with van der Waals surface area (Å²) in [4.78, 5) is 27.7. The summed E-state index contributed by atoms with van der Waals surface area (Å²) in [5.74, 6) is -0.868. The highest BCUT2D eigenvalue weighted by atomic mass is 79.9. The summed E-state index contributed by atoms with van der Waals surface area (Å²) in [5.41, 5.74) is 0.949. The summed E-state index contributed by atoms with van der Waals surface area (Å²) < 4.78 is 27.0. The summed E-state index contributed by atoms with van der Waals surface area (Å²) in [6.45, 7) is 5.04. The van der Waals surface area contributed by atoms with Crippen LogP contribution in [0.2, 0.25) is 10.0 Å². The first kappa shape index (κ1) is 28.4. The molecule has 2 rings (SSSR count). The predicted molar refractivity (Wildman–Crippen MR) is 141 cm³/mol. The maximum absolute atomic E-state index is 13.5. The highest BCUT2D eigenvalue weighted by Crippen LogP contribution is 2.27. The van der Waals surface area contributed by atoms with Crippen LogP contribution in [0.15, 0.2) is 46.9 Å². The normalized spacial score (nSPS) is 13.1. The Hall–Kier alpha value is -1.81. The first-order chi connectivity index (χ1) is 15.8. The largest absolute Gasteiger partial charge is 0.352 e. The van der Waals surface area contributed by atoms with E-state index in [9.17, 15) is 18.0 Å². The van der Waals surface area contributed by atoms with Crippen LogP contribution in [-0.4, -0.2) is 50.0 Å². The molecular weight excluding hydrogens is 565 g/mol. The highest BCUT2D eigenvalue weighted by molar-refractivity contribution is 9.10. The van der Waals surface area contributed by atoms with Gasteiger partial charge < -0.3 is 10.2 Å². The molecule has 0 saturated carbocycles. The Morgan fingerprint density at radius 2 is 1.62 bits per heavy atom. The fourth-order valence-electron chi connectivity index (χ4n) is 3.13. The first-order valence-corrected chi connectivity index (χ1v) is 14.0. The zero-order valence-electron chi connectivity index (χ0n) is 19.4. The Morgan fingerprint density at radius 1 is 1.06 bits per heavy atom. The van der Waals surface area contributed by atoms with Crippen LogP contribution in [0.5, 0.6) is 0 Å². The van der Waals surface area contributed by atoms with E-state index in [0.29, 0.717) is 0 Å². The van der Waals surface area contributed by atoms with Crippen molar-refractivity contribution in [1.29, 1.82) is 0 Å². The van der Waals surface area contributed by atoms with Crippen molar-refractivity contribution in [3.8, 4) is 0 Å². The van der Waals surface area contributed by atoms with Gasteiger partial charge >= 0.3 is 0 Å². The molecule has 0 spiro atoms. The molecule has 2 unspecified atom stereocenters. The van der Waals surface area contributed by atoms with Gasteiger partial charge in [-0.1, -0.05) is 58.2 Å². The number of sulfonamides is 1. The molecule has 1 N–H and O–H groups in total. The molecule has 2 amide bonds. The van der Waals surface area contributed by atoms with Crippen molar-refractivity contribution in [2.24, 2.45) is 0 Å². The maximum atomic E-state index is 13.5. The molecule has 0 aliphatic rings. The zero-order valence-corrected chi connectivity index (χ0v) is 23.3. The van der Waals surface area contributed by atoms with E-state index in [4.69, 9.17) is 23.2 Å². The van der Waals surface area contributed by atoms with Crippen LogP contribution in [0.4, 0.5) is 5.69 Å². The van der Waals surface area contributed by atoms with Crippen LogP contribution in [0.1, 0.15) is 32.8 Å². The number of hydrogen-bond acceptors (Lipinski definition) is 4. The lowest BCUT2D eigenvalue weighted by Crippen LogP contribution is -2.52. The van der Waals surface area contributed by atoms with Crippen LogP contribution < -0.4 is 9.62 Å². The van der Waals surface area contributed by atoms with Crippen molar-refractivity contribution >= 4 is 66.7 Å². The second kappa shape index (κ2) is 12.2. The van der Waals surface area contributed by atoms with Crippen molar-refractivity contribution in [1.82, 2.24) is 10.2 Å². The molecule has 2 aromatic carbocycles. The van der Waals surface area contributed by atoms with Crippen molar-refractivity contribution < 1.29 is 18.0 Å². The molecule has 0 aliphatic heterocycles. The van der Waals surface area contributed by atoms with E-state index in [0.717, 1.165) is 27.0 Å². The molecular formula is C23H28BrCl2N3O4S. The third-order valence-electron chi connectivity index (χ3n) is 5.25. The predicted octanol–water partition coefficient (Wildman–Crippen LogP) is 4.85. The summed E-state index contributed by atoms with van der Waals surface area (Å²) in [7, 11) is -3.87. The average molecular weight is 593 g/mol. The number of nitrogens with zero attached hydrogens (tertiary/aromatic N) is 2. The number of amides is 2. The summed E-state index contributed by atoms with van der Waals surface area (Å²) in [6, 6.07) is 10.7. The zero-order chi connectivity index (χ0) is 25.6. The highest BCUT2D eigenvalue weighted by Gasteiger charge is 2.30. The topological polar surface area (TPSA) is 86.8 Å². The monoisotopic (exact) mass is 591 g/mol. The third-order valence-corrected chi connectivity index (χ3v) is 7.35.